The molecule has 1 aromatic heterocycles. The van der Waals surface area contributed by atoms with Gasteiger partial charge in [-0.15, -0.1) is 0 Å². The lowest BCUT2D eigenvalue weighted by molar-refractivity contribution is -0.527. The van der Waals surface area contributed by atoms with E-state index in [4.69, 9.17) is 0 Å². The first kappa shape index (κ1) is 10.8. The summed E-state index contributed by atoms with van der Waals surface area (Å²) in [7, 11) is 0. The predicted octanol–water partition coefficient (Wildman–Crippen LogP) is -0.677. The Morgan fingerprint density at radius 1 is 1.46 bits per heavy atom. The van der Waals surface area contributed by atoms with Gasteiger partial charge in [-0.3, -0.25) is 0 Å². The first-order valence-corrected chi connectivity index (χ1v) is 3.03. The maximum atomic E-state index is 9.48. The maximum Gasteiger partial charge on any atom is 0.370 e. The molecule has 0 bridgehead atoms. The summed E-state index contributed by atoms with van der Waals surface area (Å²) in [6, 6.07) is 0.616. The molecule has 0 saturated carbocycles. The van der Waals surface area contributed by atoms with Gasteiger partial charge in [0.2, 0.25) is 0 Å². The van der Waals surface area contributed by atoms with Gasteiger partial charge in [0.15, 0.2) is 5.03 Å². The summed E-state index contributed by atoms with van der Waals surface area (Å²) >= 11 is 0. The summed E-state index contributed by atoms with van der Waals surface area (Å²) < 4.78 is 0. The molecule has 1 heterocycles. The van der Waals surface area contributed by atoms with Gasteiger partial charge in [-0.2, -0.15) is 0 Å². The van der Waals surface area contributed by atoms with E-state index in [2.05, 4.69) is 15.7 Å². The van der Waals surface area contributed by atoms with Crippen molar-refractivity contribution >= 4 is 6.03 Å². The second-order valence-corrected chi connectivity index (χ2v) is 1.64. The highest BCUT2D eigenvalue weighted by Crippen LogP contribution is 1.66. The maximum absolute atomic E-state index is 9.48. The number of amides is 2. The lowest BCUT2D eigenvalue weighted by Gasteiger charge is -1.83. The number of nitrogens with one attached hydrogen (secondary N) is 1. The van der Waals surface area contributed by atoms with Crippen LogP contribution in [0, 0.1) is 10.1 Å². The van der Waals surface area contributed by atoms with Crippen LogP contribution in [0.25, 0.3) is 0 Å². The fourth-order valence-electron chi connectivity index (χ4n) is 0.343. The minimum atomic E-state index is -1.16. The van der Waals surface area contributed by atoms with E-state index >= 15 is 0 Å². The average Bonchev–Trinajstić information content (AvgIpc) is 2.06. The zero-order valence-electron chi connectivity index (χ0n) is 6.45. The number of nitrogens with zero attached hydrogens (tertiary/aromatic N) is 3. The molecule has 0 atom stereocenters. The molecule has 0 aliphatic carbocycles. The van der Waals surface area contributed by atoms with Gasteiger partial charge in [-0.25, -0.2) is 24.9 Å². The number of hydrazine groups is 1. The van der Waals surface area contributed by atoms with Gasteiger partial charge in [-0.05, 0) is 6.07 Å². The van der Waals surface area contributed by atoms with Gasteiger partial charge in [0.25, 0.3) is 0 Å². The van der Waals surface area contributed by atoms with Crippen LogP contribution in [0.15, 0.2) is 24.8 Å². The number of carbonyl (C=O) groups is 1. The Bertz CT molecular complexity index is 225. The lowest BCUT2D eigenvalue weighted by atomic mass is 10.7. The molecule has 70 valence electrons. The van der Waals surface area contributed by atoms with E-state index < -0.39 is 11.1 Å². The van der Waals surface area contributed by atoms with Crippen LogP contribution in [-0.2, 0) is 0 Å². The molecule has 1 rings (SSSR count). The second kappa shape index (κ2) is 6.46. The van der Waals surface area contributed by atoms with E-state index in [0.29, 0.717) is 0 Å². The first-order chi connectivity index (χ1) is 6.13. The number of rotatable bonds is 1. The van der Waals surface area contributed by atoms with Gasteiger partial charge >= 0.3 is 6.03 Å². The molecule has 0 fully saturated rings. The first-order valence-electron chi connectivity index (χ1n) is 3.03. The van der Waals surface area contributed by atoms with Crippen molar-refractivity contribution in [2.24, 2.45) is 5.73 Å². The molecule has 0 aliphatic heterocycles. The van der Waals surface area contributed by atoms with Crippen molar-refractivity contribution in [3.63, 3.8) is 0 Å². The molecule has 8 nitrogen and oxygen atoms in total. The van der Waals surface area contributed by atoms with Crippen LogP contribution in [0.5, 0.6) is 0 Å². The summed E-state index contributed by atoms with van der Waals surface area (Å²) in [5.74, 6) is 0. The summed E-state index contributed by atoms with van der Waals surface area (Å²) in [5.41, 5.74) is 5.47. The van der Waals surface area contributed by atoms with Gasteiger partial charge in [0, 0.05) is 12.4 Å². The van der Waals surface area contributed by atoms with Gasteiger partial charge in [0.05, 0.1) is 0 Å². The topological polar surface area (TPSA) is 124 Å². The van der Waals surface area contributed by atoms with Crippen molar-refractivity contribution in [3.8, 4) is 0 Å². The number of hydrogen-bond acceptors (Lipinski definition) is 5. The summed E-state index contributed by atoms with van der Waals surface area (Å²) in [6.07, 6.45) is 4.88. The summed E-state index contributed by atoms with van der Waals surface area (Å²) in [6.45, 7) is 0. The number of urea groups is 1. The van der Waals surface area contributed by atoms with E-state index in [-0.39, 0.29) is 0 Å². The molecular weight excluding hydrogens is 178 g/mol. The predicted molar refractivity (Wildman–Crippen MR) is 41.7 cm³/mol. The Kier molecular flexibility index (Phi) is 5.34. The summed E-state index contributed by atoms with van der Waals surface area (Å²) in [5, 5.41) is 8.18. The SMILES string of the molecule is NC(=O)N[N+](=O)[O-].c1cncnc1. The smallest absolute Gasteiger partial charge is 0.347 e. The van der Waals surface area contributed by atoms with Crippen molar-refractivity contribution in [1.29, 1.82) is 0 Å². The van der Waals surface area contributed by atoms with Crippen LogP contribution in [0.1, 0.15) is 0 Å². The molecule has 0 unspecified atom stereocenters. The van der Waals surface area contributed by atoms with Crippen LogP contribution >= 0.6 is 0 Å². The zero-order valence-corrected chi connectivity index (χ0v) is 6.45. The highest BCUT2D eigenvalue weighted by atomic mass is 16.7. The number of aromatic nitrogens is 2. The molecule has 8 heteroatoms. The van der Waals surface area contributed by atoms with Crippen molar-refractivity contribution in [2.75, 3.05) is 0 Å². The monoisotopic (exact) mass is 185 g/mol. The third-order valence-corrected chi connectivity index (χ3v) is 0.679. The third-order valence-electron chi connectivity index (χ3n) is 0.679. The molecule has 13 heavy (non-hydrogen) atoms. The van der Waals surface area contributed by atoms with Gasteiger partial charge < -0.3 is 5.73 Å². The Labute approximate surface area is 72.9 Å². The average molecular weight is 185 g/mol. The molecule has 0 aromatic carbocycles. The quantitative estimate of drug-likeness (QED) is 0.443. The molecule has 0 aliphatic rings. The van der Waals surface area contributed by atoms with Crippen LogP contribution in [0.2, 0.25) is 0 Å². The third kappa shape index (κ3) is 9.75. The van der Waals surface area contributed by atoms with Crippen molar-refractivity contribution < 1.29 is 9.83 Å². The molecular formula is C5H7N5O3. The molecule has 0 radical (unpaired) electrons. The second-order valence-electron chi connectivity index (χ2n) is 1.64. The molecule has 0 spiro atoms. The van der Waals surface area contributed by atoms with Crippen molar-refractivity contribution in [1.82, 2.24) is 15.4 Å². The summed E-state index contributed by atoms with van der Waals surface area (Å²) in [4.78, 5) is 26.0. The number of nitrogens with two attached hydrogens (primary N) is 1. The highest BCUT2D eigenvalue weighted by molar-refractivity contribution is 5.70. The number of primary amides is 1. The molecule has 2 amide bonds. The van der Waals surface area contributed by atoms with Gasteiger partial charge in [0.1, 0.15) is 6.33 Å². The Balaban J connectivity index is 0.000000223. The van der Waals surface area contributed by atoms with E-state index in [9.17, 15) is 14.9 Å². The molecule has 3 N–H and O–H groups in total. The number of hydrogen-bond donors (Lipinski definition) is 2. The van der Waals surface area contributed by atoms with E-state index in [1.165, 1.54) is 11.8 Å². The Morgan fingerprint density at radius 3 is 2.08 bits per heavy atom. The minimum Gasteiger partial charge on any atom is -0.347 e. The fraction of sp³-hybridized carbons (Fsp3) is 0. The van der Waals surface area contributed by atoms with E-state index in [0.717, 1.165) is 0 Å². The van der Waals surface area contributed by atoms with Crippen molar-refractivity contribution in [3.05, 3.63) is 34.9 Å². The van der Waals surface area contributed by atoms with Crippen LogP contribution in [-0.4, -0.2) is 21.0 Å². The number of carbonyl (C=O) groups excluding carboxylic acids is 1. The van der Waals surface area contributed by atoms with Crippen molar-refractivity contribution in [2.45, 2.75) is 0 Å². The minimum absolute atomic E-state index is 1.03. The molecule has 0 saturated heterocycles. The molecule has 1 aromatic rings. The van der Waals surface area contributed by atoms with Gasteiger partial charge in [-0.1, -0.05) is 5.43 Å². The lowest BCUT2D eigenvalue weighted by Crippen LogP contribution is -2.33. The van der Waals surface area contributed by atoms with E-state index in [1.807, 2.05) is 0 Å². The van der Waals surface area contributed by atoms with E-state index in [1.54, 1.807) is 18.5 Å². The van der Waals surface area contributed by atoms with Crippen LogP contribution < -0.4 is 11.2 Å². The normalized spacial score (nSPS) is 7.69. The zero-order chi connectivity index (χ0) is 10.1. The van der Waals surface area contributed by atoms with Crippen LogP contribution in [0.4, 0.5) is 4.79 Å². The standard InChI is InChI=1S/C4H4N2.CH3N3O3/c1-2-5-4-6-3-1;2-1(5)3-4(6)7/h1-4H;(H3,2,3,5). The Morgan fingerprint density at radius 2 is 2.00 bits per heavy atom. The highest BCUT2D eigenvalue weighted by Gasteiger charge is 1.95. The fourth-order valence-corrected chi connectivity index (χ4v) is 0.343. The van der Waals surface area contributed by atoms with Crippen LogP contribution in [0.3, 0.4) is 0 Å². The largest absolute Gasteiger partial charge is 0.370 e. The number of nitro groups is 1. The Hall–Kier alpha value is -2.25.